The number of allylic oxidation sites excluding steroid dienone is 20. The number of amides is 6. The number of carbonyl (C=O) groups is 6. The van der Waals surface area contributed by atoms with E-state index in [2.05, 4.69) is 188 Å². The molecule has 0 aromatic carbocycles. The Morgan fingerprint density at radius 2 is 0.391 bits per heavy atom. The number of hydrogen-bond donors (Lipinski definition) is 11. The average Bonchev–Trinajstić information content (AvgIpc) is 1.41. The highest BCUT2D eigenvalue weighted by atomic mass is 16.3. The Labute approximate surface area is 675 Å². The van der Waals surface area contributed by atoms with Crippen LogP contribution in [0.4, 0.5) is 0 Å². The summed E-state index contributed by atoms with van der Waals surface area (Å²) in [6.45, 7) is 17.3. The van der Waals surface area contributed by atoms with Crippen molar-refractivity contribution in [2.75, 3.05) is 72.3 Å². The molecule has 6 amide bonds. The van der Waals surface area contributed by atoms with Crippen LogP contribution in [0.5, 0.6) is 0 Å². The van der Waals surface area contributed by atoms with Crippen molar-refractivity contribution in [3.05, 3.63) is 122 Å². The monoisotopic (exact) mass is 1550 g/mol. The third-order valence-corrected chi connectivity index (χ3v) is 16.7. The summed E-state index contributed by atoms with van der Waals surface area (Å²) in [4.78, 5) is 66.0. The van der Waals surface area contributed by atoms with Crippen molar-refractivity contribution in [2.45, 2.75) is 363 Å². The second kappa shape index (κ2) is 112. The molecule has 0 spiro atoms. The van der Waals surface area contributed by atoms with Crippen LogP contribution in [0.15, 0.2) is 122 Å². The molecule has 0 aliphatic heterocycles. The van der Waals surface area contributed by atoms with Crippen LogP contribution in [0.2, 0.25) is 0 Å². The number of nitrogens with one attached hydrogen (secondary N) is 6. The number of carbonyl (C=O) groups excluding carboxylic acids is 6. The fraction of sp³-hybridized carbons (Fsp3) is 0.720. The van der Waals surface area contributed by atoms with Crippen LogP contribution >= 0.6 is 0 Å². The van der Waals surface area contributed by atoms with Crippen LogP contribution in [0.3, 0.4) is 0 Å². The Bertz CT molecular complexity index is 2200. The maximum absolute atomic E-state index is 11.4. The molecule has 0 radical (unpaired) electrons. The van der Waals surface area contributed by atoms with Crippen LogP contribution in [-0.2, 0) is 28.8 Å². The molecule has 640 valence electrons. The van der Waals surface area contributed by atoms with Gasteiger partial charge in [-0.1, -0.05) is 286 Å². The van der Waals surface area contributed by atoms with Gasteiger partial charge in [-0.15, -0.1) is 0 Å². The molecule has 0 rings (SSSR count). The summed E-state index contributed by atoms with van der Waals surface area (Å²) in [6, 6.07) is 0. The molecule has 17 heteroatoms. The van der Waals surface area contributed by atoms with Crippen LogP contribution in [0, 0.1) is 0 Å². The van der Waals surface area contributed by atoms with E-state index in [9.17, 15) is 28.8 Å². The van der Waals surface area contributed by atoms with E-state index in [1.54, 1.807) is 13.8 Å². The molecule has 0 aromatic heterocycles. The maximum atomic E-state index is 11.4. The number of rotatable bonds is 70. The Morgan fingerprint density at radius 1 is 0.200 bits per heavy atom. The first-order valence-corrected chi connectivity index (χ1v) is 44.0. The van der Waals surface area contributed by atoms with E-state index >= 15 is 0 Å². The van der Waals surface area contributed by atoms with Crippen molar-refractivity contribution in [3.63, 3.8) is 0 Å². The van der Waals surface area contributed by atoms with Gasteiger partial charge in [0.2, 0.25) is 35.4 Å². The van der Waals surface area contributed by atoms with Gasteiger partial charge in [0.25, 0.3) is 0 Å². The third kappa shape index (κ3) is 123. The number of hydrogen-bond acceptors (Lipinski definition) is 11. The SMILES string of the molecule is CC/C=C\C/C=C\C/C=C\CCCCCCCC(=O)NCCO.CCC(=O)NCCO.CCC(=O)NCCO.CCCCC/C=C\C/C=C\C/C=C\C/C=C\CCCC(=O)NCCC.CCCCC/C=C\C/C=C\CCCCCCCC(=O)NCCO.CCCCCCCC/C=C\CCCCCCCC(=O)NCCO. The molecule has 11 N–H and O–H groups in total. The first-order chi connectivity index (χ1) is 53.8. The first-order valence-electron chi connectivity index (χ1n) is 44.0. The smallest absolute Gasteiger partial charge is 0.220 e. The van der Waals surface area contributed by atoms with Crippen LogP contribution < -0.4 is 31.9 Å². The van der Waals surface area contributed by atoms with Gasteiger partial charge < -0.3 is 57.4 Å². The van der Waals surface area contributed by atoms with E-state index in [0.29, 0.717) is 71.2 Å². The van der Waals surface area contributed by atoms with Crippen molar-refractivity contribution in [2.24, 2.45) is 0 Å². The summed E-state index contributed by atoms with van der Waals surface area (Å²) < 4.78 is 0. The topological polar surface area (TPSA) is 276 Å². The van der Waals surface area contributed by atoms with Gasteiger partial charge in [-0.2, -0.15) is 0 Å². The molecular weight excluding hydrogens is 1380 g/mol. The molecule has 0 atom stereocenters. The molecule has 0 aliphatic carbocycles. The molecule has 0 aliphatic rings. The largest absolute Gasteiger partial charge is 0.395 e. The van der Waals surface area contributed by atoms with Gasteiger partial charge in [-0.05, 0) is 161 Å². The fourth-order valence-corrected chi connectivity index (χ4v) is 10.1. The normalized spacial score (nSPS) is 11.3. The second-order valence-electron chi connectivity index (χ2n) is 27.3. The second-order valence-corrected chi connectivity index (χ2v) is 27.3. The third-order valence-electron chi connectivity index (χ3n) is 16.7. The highest BCUT2D eigenvalue weighted by Crippen LogP contribution is 2.13. The minimum Gasteiger partial charge on any atom is -0.395 e. The predicted octanol–water partition coefficient (Wildman–Crippen LogP) is 20.4. The summed E-state index contributed by atoms with van der Waals surface area (Å²) in [5.41, 5.74) is 0. The molecule has 0 fully saturated rings. The summed E-state index contributed by atoms with van der Waals surface area (Å²) in [7, 11) is 0. The summed E-state index contributed by atoms with van der Waals surface area (Å²) in [5, 5.41) is 58.1. The van der Waals surface area contributed by atoms with Gasteiger partial charge in [0.05, 0.1) is 33.0 Å². The molecule has 0 aromatic rings. The number of aliphatic hydroxyl groups excluding tert-OH is 5. The zero-order valence-corrected chi connectivity index (χ0v) is 71.7. The Balaban J connectivity index is -0.000000306. The highest BCUT2D eigenvalue weighted by Gasteiger charge is 2.03. The van der Waals surface area contributed by atoms with E-state index in [-0.39, 0.29) is 68.5 Å². The fourth-order valence-electron chi connectivity index (χ4n) is 10.1. The Kier molecular flexibility index (Phi) is 117. The summed E-state index contributed by atoms with van der Waals surface area (Å²) in [6.07, 6.45) is 99.3. The predicted molar refractivity (Wildman–Crippen MR) is 471 cm³/mol. The molecule has 0 saturated heterocycles. The van der Waals surface area contributed by atoms with Crippen LogP contribution in [0.1, 0.15) is 363 Å². The van der Waals surface area contributed by atoms with Gasteiger partial charge in [0, 0.05) is 77.8 Å². The summed E-state index contributed by atoms with van der Waals surface area (Å²) >= 11 is 0. The van der Waals surface area contributed by atoms with E-state index < -0.39 is 0 Å². The number of unbranched alkanes of at least 4 members (excludes halogenated alkanes) is 28. The van der Waals surface area contributed by atoms with E-state index in [1.807, 2.05) is 0 Å². The van der Waals surface area contributed by atoms with Gasteiger partial charge in [-0.3, -0.25) is 28.8 Å². The van der Waals surface area contributed by atoms with Gasteiger partial charge >= 0.3 is 0 Å². The maximum Gasteiger partial charge on any atom is 0.220 e. The minimum absolute atomic E-state index is 0.0148. The average molecular weight is 1550 g/mol. The highest BCUT2D eigenvalue weighted by molar-refractivity contribution is 5.77. The van der Waals surface area contributed by atoms with Crippen molar-refractivity contribution >= 4 is 35.4 Å². The standard InChI is InChI=1S/C23H39NO.C20H39NO2.C20H37NO2.C20H35NO2.2C5H11NO2/c1-3-5-6-7-8-9-10-11-12-13-14-15-16-17-18-19-20-21-23(25)24-22-4-2;3*1-2-3-4-5-6-7-8-9-10-11-12-13-14-15-16-17-20(23)21-18-19-22;2*1-2-5(8)6-3-4-7/h8-9,11-12,14-15,17-18H,3-7,10,13,16,19-22H2,1-2H3,(H,24,25);9-10,22H,2-8,11-19H2,1H3,(H,21,23);6-7,9-10,22H,2-5,8,11-19H2,1H3,(H,21,23);3-4,6-7,9-10,22H,2,5,8,11-19H2,1H3,(H,21,23);2*7H,2-4H2,1H3,(H,6,8)/b9-8-,12-11-,15-14-,18-17-;10-9-;7-6-,10-9-;4-3-,7-6-,10-9-;;. The van der Waals surface area contributed by atoms with Crippen LogP contribution in [0.25, 0.3) is 0 Å². The van der Waals surface area contributed by atoms with Gasteiger partial charge in [0.15, 0.2) is 0 Å². The molecular formula is C93H172N6O11. The molecule has 0 saturated carbocycles. The quantitative estimate of drug-likeness (QED) is 0.0201. The van der Waals surface area contributed by atoms with Crippen molar-refractivity contribution in [3.8, 4) is 0 Å². The zero-order valence-electron chi connectivity index (χ0n) is 71.7. The molecule has 0 heterocycles. The van der Waals surface area contributed by atoms with Gasteiger partial charge in [0.1, 0.15) is 0 Å². The van der Waals surface area contributed by atoms with Crippen LogP contribution in [-0.4, -0.2) is 133 Å². The Morgan fingerprint density at radius 3 is 0.645 bits per heavy atom. The van der Waals surface area contributed by atoms with E-state index in [4.69, 9.17) is 25.5 Å². The lowest BCUT2D eigenvalue weighted by molar-refractivity contribution is -0.122. The molecule has 17 nitrogen and oxygen atoms in total. The van der Waals surface area contributed by atoms with Crippen molar-refractivity contribution in [1.29, 1.82) is 0 Å². The summed E-state index contributed by atoms with van der Waals surface area (Å²) in [5.74, 6) is 0.331. The molecule has 0 unspecified atom stereocenters. The number of aliphatic hydroxyl groups is 5. The molecule has 110 heavy (non-hydrogen) atoms. The van der Waals surface area contributed by atoms with E-state index in [0.717, 1.165) is 116 Å². The lowest BCUT2D eigenvalue weighted by atomic mass is 10.1. The molecule has 0 bridgehead atoms. The Hall–Kier alpha value is -5.98. The van der Waals surface area contributed by atoms with Crippen molar-refractivity contribution in [1.82, 2.24) is 31.9 Å². The van der Waals surface area contributed by atoms with Crippen molar-refractivity contribution < 1.29 is 54.3 Å². The minimum atomic E-state index is -0.0148. The first kappa shape index (κ1) is 115. The lowest BCUT2D eigenvalue weighted by Gasteiger charge is -2.03. The lowest BCUT2D eigenvalue weighted by Crippen LogP contribution is -2.25. The zero-order chi connectivity index (χ0) is 82.3. The van der Waals surface area contributed by atoms with Gasteiger partial charge in [-0.25, -0.2) is 0 Å². The van der Waals surface area contributed by atoms with E-state index in [1.165, 1.54) is 167 Å².